The Bertz CT molecular complexity index is 727. The van der Waals surface area contributed by atoms with E-state index in [4.69, 9.17) is 4.98 Å². The molecule has 0 bridgehead atoms. The van der Waals surface area contributed by atoms with E-state index in [9.17, 15) is 4.79 Å². The van der Waals surface area contributed by atoms with Gasteiger partial charge in [-0.3, -0.25) is 9.78 Å². The smallest absolute Gasteiger partial charge is 0.254 e. The SMILES string of the molecule is O=C(c1ccncc1)N1CCc2nc(C3CCCCN3)ncc2C1. The highest BCUT2D eigenvalue weighted by Gasteiger charge is 2.25. The van der Waals surface area contributed by atoms with Crippen molar-refractivity contribution >= 4 is 5.91 Å². The number of amides is 1. The predicted molar refractivity (Wildman–Crippen MR) is 89.3 cm³/mol. The van der Waals surface area contributed by atoms with Gasteiger partial charge in [-0.25, -0.2) is 9.97 Å². The van der Waals surface area contributed by atoms with Crippen molar-refractivity contribution in [1.29, 1.82) is 0 Å². The van der Waals surface area contributed by atoms with Gasteiger partial charge in [-0.05, 0) is 31.5 Å². The first kappa shape index (κ1) is 15.2. The van der Waals surface area contributed by atoms with Gasteiger partial charge in [0.2, 0.25) is 0 Å². The van der Waals surface area contributed by atoms with Crippen LogP contribution in [0.1, 0.15) is 52.7 Å². The number of hydrogen-bond donors (Lipinski definition) is 1. The molecule has 0 saturated carbocycles. The number of aromatic nitrogens is 3. The number of nitrogens with one attached hydrogen (secondary N) is 1. The van der Waals surface area contributed by atoms with E-state index in [0.717, 1.165) is 36.5 Å². The van der Waals surface area contributed by atoms with Gasteiger partial charge >= 0.3 is 0 Å². The highest BCUT2D eigenvalue weighted by atomic mass is 16.2. The third-order valence-corrected chi connectivity index (χ3v) is 4.79. The highest BCUT2D eigenvalue weighted by Crippen LogP contribution is 2.23. The summed E-state index contributed by atoms with van der Waals surface area (Å²) in [4.78, 5) is 27.7. The van der Waals surface area contributed by atoms with Crippen molar-refractivity contribution in [3.63, 3.8) is 0 Å². The summed E-state index contributed by atoms with van der Waals surface area (Å²) in [7, 11) is 0. The summed E-state index contributed by atoms with van der Waals surface area (Å²) in [6, 6.07) is 3.79. The standard InChI is InChI=1S/C18H21N5O/c24-18(13-4-8-19-9-5-13)23-10-6-15-14(12-23)11-21-17(22-15)16-3-1-2-7-20-16/h4-5,8-9,11,16,20H,1-3,6-7,10,12H2. The topological polar surface area (TPSA) is 71.0 Å². The summed E-state index contributed by atoms with van der Waals surface area (Å²) < 4.78 is 0. The molecule has 0 aliphatic carbocycles. The Hall–Kier alpha value is -2.34. The van der Waals surface area contributed by atoms with Crippen molar-refractivity contribution in [3.8, 4) is 0 Å². The minimum Gasteiger partial charge on any atom is -0.334 e. The molecule has 1 unspecified atom stereocenters. The number of fused-ring (bicyclic) bond motifs is 1. The largest absolute Gasteiger partial charge is 0.334 e. The van der Waals surface area contributed by atoms with E-state index in [2.05, 4.69) is 15.3 Å². The molecule has 2 aromatic rings. The molecule has 124 valence electrons. The average molecular weight is 323 g/mol. The molecule has 1 atom stereocenters. The monoisotopic (exact) mass is 323 g/mol. The van der Waals surface area contributed by atoms with Crippen LogP contribution in [-0.4, -0.2) is 38.8 Å². The van der Waals surface area contributed by atoms with Crippen molar-refractivity contribution in [2.75, 3.05) is 13.1 Å². The number of carbonyl (C=O) groups is 1. The maximum Gasteiger partial charge on any atom is 0.254 e. The first-order valence-electron chi connectivity index (χ1n) is 8.58. The minimum absolute atomic E-state index is 0.0427. The summed E-state index contributed by atoms with van der Waals surface area (Å²) >= 11 is 0. The van der Waals surface area contributed by atoms with E-state index in [-0.39, 0.29) is 11.9 Å². The van der Waals surface area contributed by atoms with E-state index >= 15 is 0 Å². The fourth-order valence-corrected chi connectivity index (χ4v) is 3.42. The first-order chi connectivity index (χ1) is 11.8. The van der Waals surface area contributed by atoms with Crippen LogP contribution in [0, 0.1) is 0 Å². The van der Waals surface area contributed by atoms with Crippen LogP contribution < -0.4 is 5.32 Å². The number of piperidine rings is 1. The summed E-state index contributed by atoms with van der Waals surface area (Å²) in [5.41, 5.74) is 2.83. The van der Waals surface area contributed by atoms with E-state index in [1.54, 1.807) is 24.5 Å². The Morgan fingerprint density at radius 3 is 2.92 bits per heavy atom. The van der Waals surface area contributed by atoms with Crippen LogP contribution in [0.4, 0.5) is 0 Å². The Labute approximate surface area is 141 Å². The summed E-state index contributed by atoms with van der Waals surface area (Å²) in [6.45, 7) is 2.32. The van der Waals surface area contributed by atoms with Gasteiger partial charge in [-0.1, -0.05) is 6.42 Å². The van der Waals surface area contributed by atoms with E-state index in [1.165, 1.54) is 12.8 Å². The van der Waals surface area contributed by atoms with Crippen molar-refractivity contribution in [2.24, 2.45) is 0 Å². The fraction of sp³-hybridized carbons (Fsp3) is 0.444. The minimum atomic E-state index is 0.0427. The van der Waals surface area contributed by atoms with Gasteiger partial charge in [-0.2, -0.15) is 0 Å². The molecule has 2 aliphatic rings. The third kappa shape index (κ3) is 3.01. The van der Waals surface area contributed by atoms with E-state index in [1.807, 2.05) is 11.1 Å². The molecule has 1 saturated heterocycles. The molecule has 2 aromatic heterocycles. The van der Waals surface area contributed by atoms with Gasteiger partial charge in [0.25, 0.3) is 5.91 Å². The first-order valence-corrected chi connectivity index (χ1v) is 8.58. The molecular formula is C18H21N5O. The zero-order valence-electron chi connectivity index (χ0n) is 13.6. The molecule has 2 aliphatic heterocycles. The lowest BCUT2D eigenvalue weighted by molar-refractivity contribution is 0.0733. The van der Waals surface area contributed by atoms with Crippen LogP contribution in [0.15, 0.2) is 30.7 Å². The molecule has 4 rings (SSSR count). The Balaban J connectivity index is 1.50. The molecule has 0 spiro atoms. The molecule has 0 radical (unpaired) electrons. The molecular weight excluding hydrogens is 302 g/mol. The number of rotatable bonds is 2. The lowest BCUT2D eigenvalue weighted by Crippen LogP contribution is -2.37. The lowest BCUT2D eigenvalue weighted by Gasteiger charge is -2.29. The fourth-order valence-electron chi connectivity index (χ4n) is 3.42. The third-order valence-electron chi connectivity index (χ3n) is 4.79. The van der Waals surface area contributed by atoms with Gasteiger partial charge in [0, 0.05) is 49.2 Å². The van der Waals surface area contributed by atoms with Gasteiger partial charge < -0.3 is 10.2 Å². The van der Waals surface area contributed by atoms with Crippen LogP contribution in [0.5, 0.6) is 0 Å². The Morgan fingerprint density at radius 2 is 2.12 bits per heavy atom. The second kappa shape index (κ2) is 6.65. The Kier molecular flexibility index (Phi) is 4.21. The van der Waals surface area contributed by atoms with Crippen LogP contribution in [0.25, 0.3) is 0 Å². The Morgan fingerprint density at radius 1 is 1.25 bits per heavy atom. The summed E-state index contributed by atoms with van der Waals surface area (Å²) in [6.07, 6.45) is 9.55. The van der Waals surface area contributed by atoms with Gasteiger partial charge in [-0.15, -0.1) is 0 Å². The van der Waals surface area contributed by atoms with E-state index in [0.29, 0.717) is 18.7 Å². The second-order valence-electron chi connectivity index (χ2n) is 6.42. The molecule has 6 nitrogen and oxygen atoms in total. The molecule has 1 amide bonds. The number of hydrogen-bond acceptors (Lipinski definition) is 5. The van der Waals surface area contributed by atoms with E-state index < -0.39 is 0 Å². The zero-order valence-corrected chi connectivity index (χ0v) is 13.6. The number of carbonyl (C=O) groups excluding carboxylic acids is 1. The van der Waals surface area contributed by atoms with Crippen LogP contribution in [0.3, 0.4) is 0 Å². The maximum atomic E-state index is 12.6. The molecule has 4 heterocycles. The van der Waals surface area contributed by atoms with Crippen LogP contribution in [0.2, 0.25) is 0 Å². The lowest BCUT2D eigenvalue weighted by atomic mass is 10.0. The highest BCUT2D eigenvalue weighted by molar-refractivity contribution is 5.94. The van der Waals surface area contributed by atoms with Crippen LogP contribution >= 0.6 is 0 Å². The quantitative estimate of drug-likeness (QED) is 0.914. The van der Waals surface area contributed by atoms with Crippen molar-refractivity contribution in [2.45, 2.75) is 38.3 Å². The number of pyridine rings is 1. The van der Waals surface area contributed by atoms with Gasteiger partial charge in [0.05, 0.1) is 11.7 Å². The molecule has 24 heavy (non-hydrogen) atoms. The van der Waals surface area contributed by atoms with Crippen LogP contribution in [-0.2, 0) is 13.0 Å². The average Bonchev–Trinajstić information content (AvgIpc) is 2.68. The van der Waals surface area contributed by atoms with Crippen molar-refractivity contribution in [1.82, 2.24) is 25.2 Å². The molecule has 0 aromatic carbocycles. The maximum absolute atomic E-state index is 12.6. The van der Waals surface area contributed by atoms with Crippen molar-refractivity contribution in [3.05, 3.63) is 53.4 Å². The zero-order chi connectivity index (χ0) is 16.4. The number of nitrogens with zero attached hydrogens (tertiary/aromatic N) is 4. The molecule has 1 fully saturated rings. The predicted octanol–water partition coefficient (Wildman–Crippen LogP) is 1.88. The summed E-state index contributed by atoms with van der Waals surface area (Å²) in [5, 5.41) is 3.50. The molecule has 1 N–H and O–H groups in total. The molecule has 6 heteroatoms. The second-order valence-corrected chi connectivity index (χ2v) is 6.42. The van der Waals surface area contributed by atoms with Gasteiger partial charge in [0.15, 0.2) is 0 Å². The van der Waals surface area contributed by atoms with Crippen molar-refractivity contribution < 1.29 is 4.79 Å². The van der Waals surface area contributed by atoms with Gasteiger partial charge in [0.1, 0.15) is 5.82 Å². The normalized spacial score (nSPS) is 20.5. The summed E-state index contributed by atoms with van der Waals surface area (Å²) in [5.74, 6) is 0.948.